The summed E-state index contributed by atoms with van der Waals surface area (Å²) >= 11 is 0. The summed E-state index contributed by atoms with van der Waals surface area (Å²) in [5.41, 5.74) is 3.22. The van der Waals surface area contributed by atoms with Crippen molar-refractivity contribution in [2.45, 2.75) is 121 Å². The molecule has 9 atom stereocenters. The molecule has 4 aliphatic rings. The van der Waals surface area contributed by atoms with Crippen LogP contribution < -0.4 is 0 Å². The minimum atomic E-state index is -0.802. The summed E-state index contributed by atoms with van der Waals surface area (Å²) in [6, 6.07) is 30.3. The van der Waals surface area contributed by atoms with Gasteiger partial charge in [0.1, 0.15) is 36.6 Å². The molecule has 0 N–H and O–H groups in total. The smallest absolute Gasteiger partial charge is 0.190 e. The normalized spacial score (nSPS) is 33.2. The Kier molecular flexibility index (Phi) is 10.8. The van der Waals surface area contributed by atoms with Gasteiger partial charge in [-0.05, 0) is 44.4 Å². The Morgan fingerprint density at radius 1 is 0.551 bits per heavy atom. The molecule has 0 amide bonds. The average Bonchev–Trinajstić information content (AvgIpc) is 3.60. The van der Waals surface area contributed by atoms with Crippen LogP contribution >= 0.6 is 0 Å². The van der Waals surface area contributed by atoms with Gasteiger partial charge in [-0.1, -0.05) is 91.0 Å². The molecule has 49 heavy (non-hydrogen) atoms. The molecule has 0 aromatic heterocycles. The van der Waals surface area contributed by atoms with Crippen molar-refractivity contribution in [1.82, 2.24) is 0 Å². The van der Waals surface area contributed by atoms with Gasteiger partial charge in [-0.15, -0.1) is 0 Å². The standard InChI is InChI=1S/C39H48O10/c1-38(2)46-34-31(45-37-36(35(34)47-38)48-39(3,4)49-37)25-42-32-20-29(41-22-27-16-10-6-11-17-27)33(43-23-28-18-12-7-13-19-28)30(44-32)24-40-21-26-14-8-5-9-15-26/h5-19,29-37H,20-25H2,1-4H3/t29-,30?,31?,32-,33?,34?,35?,36?,37?/m1/s1. The first-order chi connectivity index (χ1) is 23.7. The molecule has 4 saturated heterocycles. The first kappa shape index (κ1) is 34.7. The highest BCUT2D eigenvalue weighted by Gasteiger charge is 2.60. The van der Waals surface area contributed by atoms with Gasteiger partial charge in [-0.3, -0.25) is 0 Å². The summed E-state index contributed by atoms with van der Waals surface area (Å²) in [7, 11) is 0. The topological polar surface area (TPSA) is 92.3 Å². The lowest BCUT2D eigenvalue weighted by Crippen LogP contribution is -2.57. The van der Waals surface area contributed by atoms with Gasteiger partial charge in [-0.25, -0.2) is 0 Å². The van der Waals surface area contributed by atoms with E-state index in [1.165, 1.54) is 0 Å². The van der Waals surface area contributed by atoms with Crippen molar-refractivity contribution >= 4 is 0 Å². The highest BCUT2D eigenvalue weighted by molar-refractivity contribution is 5.15. The SMILES string of the molecule is CC1(C)OC2OC(CO[C@H]3C[C@@H](OCc4ccccc4)C(OCc4ccccc4)C(COCc4ccccc4)O3)C3OC(C)(C)OC3C2O1. The maximum atomic E-state index is 6.64. The van der Waals surface area contributed by atoms with E-state index in [2.05, 4.69) is 24.3 Å². The first-order valence-corrected chi connectivity index (χ1v) is 17.3. The van der Waals surface area contributed by atoms with E-state index in [9.17, 15) is 0 Å². The Morgan fingerprint density at radius 2 is 1.10 bits per heavy atom. The fourth-order valence-corrected chi connectivity index (χ4v) is 6.95. The molecule has 0 bridgehead atoms. The van der Waals surface area contributed by atoms with E-state index in [-0.39, 0.29) is 18.8 Å². The van der Waals surface area contributed by atoms with E-state index >= 15 is 0 Å². The molecule has 10 heteroatoms. The molecule has 3 aromatic rings. The summed E-state index contributed by atoms with van der Waals surface area (Å²) in [4.78, 5) is 0. The van der Waals surface area contributed by atoms with Crippen molar-refractivity contribution in [2.24, 2.45) is 0 Å². The van der Waals surface area contributed by atoms with E-state index in [1.807, 2.05) is 94.4 Å². The predicted octanol–water partition coefficient (Wildman–Crippen LogP) is 5.90. The molecule has 0 spiro atoms. The Morgan fingerprint density at radius 3 is 1.76 bits per heavy atom. The average molecular weight is 677 g/mol. The van der Waals surface area contributed by atoms with Gasteiger partial charge in [0.15, 0.2) is 24.2 Å². The lowest BCUT2D eigenvalue weighted by molar-refractivity contribution is -0.296. The Labute approximate surface area is 288 Å². The third-order valence-corrected chi connectivity index (χ3v) is 9.17. The van der Waals surface area contributed by atoms with Gasteiger partial charge >= 0.3 is 0 Å². The molecule has 264 valence electrons. The van der Waals surface area contributed by atoms with Crippen LogP contribution in [-0.4, -0.2) is 80.1 Å². The number of rotatable bonds is 13. The lowest BCUT2D eigenvalue weighted by Gasteiger charge is -2.42. The Bertz CT molecular complexity index is 1450. The number of ether oxygens (including phenoxy) is 10. The monoisotopic (exact) mass is 676 g/mol. The van der Waals surface area contributed by atoms with Gasteiger partial charge in [-0.2, -0.15) is 0 Å². The van der Waals surface area contributed by atoms with Crippen LogP contribution in [0.25, 0.3) is 0 Å². The van der Waals surface area contributed by atoms with Crippen LogP contribution in [0.2, 0.25) is 0 Å². The highest BCUT2D eigenvalue weighted by Crippen LogP contribution is 2.44. The van der Waals surface area contributed by atoms with E-state index < -0.39 is 54.7 Å². The van der Waals surface area contributed by atoms with Crippen molar-refractivity contribution in [1.29, 1.82) is 0 Å². The number of benzene rings is 3. The molecule has 0 radical (unpaired) electrons. The van der Waals surface area contributed by atoms with Gasteiger partial charge in [0.25, 0.3) is 0 Å². The zero-order chi connectivity index (χ0) is 33.8. The Balaban J connectivity index is 1.07. The van der Waals surface area contributed by atoms with Crippen LogP contribution in [0.3, 0.4) is 0 Å². The molecule has 4 fully saturated rings. The van der Waals surface area contributed by atoms with E-state index in [0.29, 0.717) is 32.8 Å². The maximum absolute atomic E-state index is 6.64. The van der Waals surface area contributed by atoms with E-state index in [4.69, 9.17) is 47.4 Å². The molecular formula is C39H48O10. The van der Waals surface area contributed by atoms with Gasteiger partial charge in [0.2, 0.25) is 0 Å². The second kappa shape index (κ2) is 15.2. The zero-order valence-corrected chi connectivity index (χ0v) is 28.7. The second-order valence-corrected chi connectivity index (χ2v) is 14.0. The minimum Gasteiger partial charge on any atom is -0.374 e. The van der Waals surface area contributed by atoms with Crippen LogP contribution in [-0.2, 0) is 67.2 Å². The van der Waals surface area contributed by atoms with Crippen LogP contribution in [0.4, 0.5) is 0 Å². The minimum absolute atomic E-state index is 0.191. The summed E-state index contributed by atoms with van der Waals surface area (Å²) in [6.07, 6.45) is -3.64. The van der Waals surface area contributed by atoms with Crippen molar-refractivity contribution in [2.75, 3.05) is 13.2 Å². The molecular weight excluding hydrogens is 628 g/mol. The number of hydrogen-bond acceptors (Lipinski definition) is 10. The van der Waals surface area contributed by atoms with E-state index in [1.54, 1.807) is 0 Å². The highest BCUT2D eigenvalue weighted by atomic mass is 16.9. The molecule has 7 rings (SSSR count). The first-order valence-electron chi connectivity index (χ1n) is 17.3. The van der Waals surface area contributed by atoms with Crippen LogP contribution in [0.1, 0.15) is 50.8 Å². The largest absolute Gasteiger partial charge is 0.374 e. The predicted molar refractivity (Wildman–Crippen MR) is 178 cm³/mol. The lowest BCUT2D eigenvalue weighted by atomic mass is 9.99. The molecule has 3 aromatic carbocycles. The molecule has 10 nitrogen and oxygen atoms in total. The van der Waals surface area contributed by atoms with Crippen molar-refractivity contribution in [3.63, 3.8) is 0 Å². The molecule has 0 aliphatic carbocycles. The van der Waals surface area contributed by atoms with Crippen molar-refractivity contribution < 1.29 is 47.4 Å². The van der Waals surface area contributed by atoms with Crippen LogP contribution in [0, 0.1) is 0 Å². The molecule has 0 saturated carbocycles. The third-order valence-electron chi connectivity index (χ3n) is 9.17. The number of fused-ring (bicyclic) bond motifs is 3. The number of hydrogen-bond donors (Lipinski definition) is 0. The molecule has 7 unspecified atom stereocenters. The Hall–Kier alpha value is -2.74. The van der Waals surface area contributed by atoms with Gasteiger partial charge in [0.05, 0.1) is 39.1 Å². The van der Waals surface area contributed by atoms with Gasteiger partial charge < -0.3 is 47.4 Å². The van der Waals surface area contributed by atoms with Crippen LogP contribution in [0.5, 0.6) is 0 Å². The third kappa shape index (κ3) is 8.77. The van der Waals surface area contributed by atoms with Crippen LogP contribution in [0.15, 0.2) is 91.0 Å². The summed E-state index contributed by atoms with van der Waals surface area (Å²) < 4.78 is 63.9. The van der Waals surface area contributed by atoms with E-state index in [0.717, 1.165) is 16.7 Å². The summed E-state index contributed by atoms with van der Waals surface area (Å²) in [5.74, 6) is -1.60. The summed E-state index contributed by atoms with van der Waals surface area (Å²) in [6.45, 7) is 9.30. The molecule has 4 aliphatic heterocycles. The molecule has 4 heterocycles. The second-order valence-electron chi connectivity index (χ2n) is 14.0. The quantitative estimate of drug-likeness (QED) is 0.218. The van der Waals surface area contributed by atoms with Gasteiger partial charge in [0, 0.05) is 6.42 Å². The summed E-state index contributed by atoms with van der Waals surface area (Å²) in [5, 5.41) is 0. The fourth-order valence-electron chi connectivity index (χ4n) is 6.95. The zero-order valence-electron chi connectivity index (χ0n) is 28.7. The fraction of sp³-hybridized carbons (Fsp3) is 0.538. The van der Waals surface area contributed by atoms with Crippen molar-refractivity contribution in [3.05, 3.63) is 108 Å². The van der Waals surface area contributed by atoms with Crippen molar-refractivity contribution in [3.8, 4) is 0 Å². The maximum Gasteiger partial charge on any atom is 0.190 e.